The van der Waals surface area contributed by atoms with Crippen LogP contribution in [0.2, 0.25) is 0 Å². The van der Waals surface area contributed by atoms with Crippen LogP contribution < -0.4 is 9.47 Å². The maximum atomic E-state index is 15.3. The van der Waals surface area contributed by atoms with Gasteiger partial charge in [0.25, 0.3) is 0 Å². The van der Waals surface area contributed by atoms with Gasteiger partial charge in [-0.05, 0) is 66.1 Å². The van der Waals surface area contributed by atoms with Gasteiger partial charge in [-0.25, -0.2) is 13.2 Å². The van der Waals surface area contributed by atoms with Crippen LogP contribution in [0.3, 0.4) is 0 Å². The van der Waals surface area contributed by atoms with Crippen LogP contribution in [0.25, 0.3) is 22.0 Å². The average molecular weight is 576 g/mol. The molecule has 4 rings (SSSR count). The molecule has 0 N–H and O–H groups in total. The molecule has 4 aromatic rings. The van der Waals surface area contributed by atoms with Gasteiger partial charge in [0.15, 0.2) is 24.0 Å². The summed E-state index contributed by atoms with van der Waals surface area (Å²) in [6, 6.07) is 14.2. The lowest BCUT2D eigenvalue weighted by molar-refractivity contribution is -0.154. The van der Waals surface area contributed by atoms with E-state index in [1.54, 1.807) is 30.5 Å². The molecular weight excluding hydrogens is 544 g/mol. The molecule has 218 valence electrons. The van der Waals surface area contributed by atoms with Gasteiger partial charge >= 0.3 is 6.18 Å². The van der Waals surface area contributed by atoms with Crippen molar-refractivity contribution in [2.24, 2.45) is 0 Å². The molecule has 0 saturated heterocycles. The second-order valence-electron chi connectivity index (χ2n) is 9.91. The third-order valence-electron chi connectivity index (χ3n) is 6.70. The molecule has 0 atom stereocenters. The van der Waals surface area contributed by atoms with E-state index in [4.69, 9.17) is 4.74 Å². The minimum Gasteiger partial charge on any atom is -0.492 e. The zero-order valence-electron chi connectivity index (χ0n) is 22.7. The van der Waals surface area contributed by atoms with E-state index in [9.17, 15) is 22.0 Å². The van der Waals surface area contributed by atoms with Crippen molar-refractivity contribution < 1.29 is 35.8 Å². The number of halogens is 6. The van der Waals surface area contributed by atoms with Crippen LogP contribution in [0, 0.1) is 17.5 Å². The largest absolute Gasteiger partial charge is 0.492 e. The molecule has 0 bridgehead atoms. The van der Waals surface area contributed by atoms with Gasteiger partial charge < -0.3 is 9.47 Å². The molecule has 0 aliphatic carbocycles. The molecule has 0 amide bonds. The highest BCUT2D eigenvalue weighted by molar-refractivity contribution is 5.88. The highest BCUT2D eigenvalue weighted by atomic mass is 19.4. The third kappa shape index (κ3) is 8.38. The van der Waals surface area contributed by atoms with Crippen LogP contribution in [-0.2, 0) is 12.8 Å². The number of hydrogen-bond acceptors (Lipinski definition) is 3. The summed E-state index contributed by atoms with van der Waals surface area (Å²) in [5, 5.41) is 1.06. The molecule has 3 nitrogen and oxygen atoms in total. The van der Waals surface area contributed by atoms with Gasteiger partial charge in [-0.1, -0.05) is 56.9 Å². The first kappa shape index (κ1) is 30.2. The lowest BCUT2D eigenvalue weighted by Crippen LogP contribution is -2.20. The van der Waals surface area contributed by atoms with Crippen molar-refractivity contribution in [3.05, 3.63) is 89.4 Å². The standard InChI is InChI=1S/C32H31F6NO2/c1-2-3-4-5-6-15-40-25-12-14-29(39-19-25)24-11-13-26-23(18-24)10-9-22(30(26)35)8-7-21-16-27(33)31(28(34)17-21)41-20-32(36,37)38/h9-14,16-19H,2-8,15,20H2,1H3. The Labute approximate surface area is 235 Å². The molecule has 9 heteroatoms. The predicted molar refractivity (Wildman–Crippen MR) is 147 cm³/mol. The lowest BCUT2D eigenvalue weighted by atomic mass is 9.98. The molecule has 1 heterocycles. The number of pyridine rings is 1. The van der Waals surface area contributed by atoms with E-state index >= 15 is 4.39 Å². The number of fused-ring (bicyclic) bond motifs is 1. The number of unbranched alkanes of at least 4 members (excludes halogenated alkanes) is 4. The summed E-state index contributed by atoms with van der Waals surface area (Å²) in [5.74, 6) is -3.33. The van der Waals surface area contributed by atoms with Crippen molar-refractivity contribution in [1.82, 2.24) is 4.98 Å². The number of aryl methyl sites for hydroxylation is 2. The van der Waals surface area contributed by atoms with Crippen LogP contribution >= 0.6 is 0 Å². The summed E-state index contributed by atoms with van der Waals surface area (Å²) in [7, 11) is 0. The minimum absolute atomic E-state index is 0.0744. The van der Waals surface area contributed by atoms with Gasteiger partial charge in [-0.3, -0.25) is 4.98 Å². The lowest BCUT2D eigenvalue weighted by Gasteiger charge is -2.12. The van der Waals surface area contributed by atoms with E-state index in [-0.39, 0.29) is 18.4 Å². The van der Waals surface area contributed by atoms with Crippen LogP contribution in [-0.4, -0.2) is 24.4 Å². The first-order chi connectivity index (χ1) is 19.6. The molecule has 0 aliphatic heterocycles. The fourth-order valence-corrected chi connectivity index (χ4v) is 4.55. The van der Waals surface area contributed by atoms with Crippen LogP contribution in [0.4, 0.5) is 26.3 Å². The highest BCUT2D eigenvalue weighted by Gasteiger charge is 2.30. The second-order valence-corrected chi connectivity index (χ2v) is 9.91. The monoisotopic (exact) mass is 575 g/mol. The van der Waals surface area contributed by atoms with Gasteiger partial charge in [0.2, 0.25) is 0 Å². The number of hydrogen-bond donors (Lipinski definition) is 0. The van der Waals surface area contributed by atoms with E-state index in [1.165, 1.54) is 19.3 Å². The van der Waals surface area contributed by atoms with Crippen molar-refractivity contribution >= 4 is 10.8 Å². The smallest absolute Gasteiger partial charge is 0.422 e. The second kappa shape index (κ2) is 13.7. The Bertz CT molecular complexity index is 1430. The zero-order chi connectivity index (χ0) is 29.4. The Morgan fingerprint density at radius 1 is 0.780 bits per heavy atom. The maximum absolute atomic E-state index is 15.3. The predicted octanol–water partition coefficient (Wildman–Crippen LogP) is 9.39. The number of aromatic nitrogens is 1. The molecule has 0 unspecified atom stereocenters. The van der Waals surface area contributed by atoms with Crippen LogP contribution in [0.5, 0.6) is 11.5 Å². The topological polar surface area (TPSA) is 31.4 Å². The van der Waals surface area contributed by atoms with E-state index in [0.29, 0.717) is 28.7 Å². The fraction of sp³-hybridized carbons (Fsp3) is 0.344. The van der Waals surface area contributed by atoms with E-state index in [0.717, 1.165) is 36.2 Å². The van der Waals surface area contributed by atoms with Crippen molar-refractivity contribution in [2.75, 3.05) is 13.2 Å². The summed E-state index contributed by atoms with van der Waals surface area (Å²) in [6.07, 6.45) is 2.94. The quantitative estimate of drug-likeness (QED) is 0.118. The van der Waals surface area contributed by atoms with Gasteiger partial charge in [0.1, 0.15) is 11.6 Å². The summed E-state index contributed by atoms with van der Waals surface area (Å²) in [4.78, 5) is 4.49. The van der Waals surface area contributed by atoms with Crippen molar-refractivity contribution in [3.63, 3.8) is 0 Å². The maximum Gasteiger partial charge on any atom is 0.422 e. The Kier molecular flexibility index (Phi) is 10.1. The molecule has 0 saturated carbocycles. The Hall–Kier alpha value is -3.75. The summed E-state index contributed by atoms with van der Waals surface area (Å²) in [5.41, 5.74) is 2.05. The zero-order valence-corrected chi connectivity index (χ0v) is 22.7. The Morgan fingerprint density at radius 3 is 2.22 bits per heavy atom. The molecule has 0 aliphatic rings. The molecule has 3 aromatic carbocycles. The van der Waals surface area contributed by atoms with Crippen molar-refractivity contribution in [2.45, 2.75) is 58.0 Å². The van der Waals surface area contributed by atoms with Crippen LogP contribution in [0.15, 0.2) is 60.8 Å². The average Bonchev–Trinajstić information content (AvgIpc) is 2.93. The van der Waals surface area contributed by atoms with Gasteiger partial charge in [0.05, 0.1) is 18.5 Å². The molecule has 0 fully saturated rings. The molecule has 0 spiro atoms. The first-order valence-corrected chi connectivity index (χ1v) is 13.6. The third-order valence-corrected chi connectivity index (χ3v) is 6.70. The molecule has 0 radical (unpaired) electrons. The Balaban J connectivity index is 1.39. The summed E-state index contributed by atoms with van der Waals surface area (Å²) in [6.45, 7) is 1.02. The van der Waals surface area contributed by atoms with Gasteiger partial charge in [0, 0.05) is 10.9 Å². The number of ether oxygens (including phenoxy) is 2. The van der Waals surface area contributed by atoms with E-state index in [1.807, 2.05) is 18.2 Å². The highest BCUT2D eigenvalue weighted by Crippen LogP contribution is 2.29. The normalized spacial score (nSPS) is 11.7. The van der Waals surface area contributed by atoms with E-state index < -0.39 is 36.0 Å². The van der Waals surface area contributed by atoms with Crippen LogP contribution in [0.1, 0.15) is 50.2 Å². The molecule has 1 aromatic heterocycles. The number of rotatable bonds is 13. The summed E-state index contributed by atoms with van der Waals surface area (Å²) >= 11 is 0. The van der Waals surface area contributed by atoms with Crippen molar-refractivity contribution in [3.8, 4) is 22.8 Å². The fourth-order valence-electron chi connectivity index (χ4n) is 4.55. The molecular formula is C32H31F6NO2. The van der Waals surface area contributed by atoms with E-state index in [2.05, 4.69) is 16.6 Å². The SMILES string of the molecule is CCCCCCCOc1ccc(-c2ccc3c(F)c(CCc4cc(F)c(OCC(F)(F)F)c(F)c4)ccc3c2)nc1. The Morgan fingerprint density at radius 2 is 1.54 bits per heavy atom. The minimum atomic E-state index is -4.73. The number of benzene rings is 3. The van der Waals surface area contributed by atoms with Gasteiger partial charge in [-0.15, -0.1) is 0 Å². The number of alkyl halides is 3. The van der Waals surface area contributed by atoms with Gasteiger partial charge in [-0.2, -0.15) is 13.2 Å². The van der Waals surface area contributed by atoms with Crippen molar-refractivity contribution in [1.29, 1.82) is 0 Å². The molecule has 41 heavy (non-hydrogen) atoms. The summed E-state index contributed by atoms with van der Waals surface area (Å²) < 4.78 is 90.7. The first-order valence-electron chi connectivity index (χ1n) is 13.6. The number of nitrogens with zero attached hydrogens (tertiary/aromatic N) is 1.